The van der Waals surface area contributed by atoms with Crippen molar-refractivity contribution in [3.05, 3.63) is 0 Å². The first kappa shape index (κ1) is 23.8. The van der Waals surface area contributed by atoms with Gasteiger partial charge >= 0.3 is 165 Å². The van der Waals surface area contributed by atoms with Gasteiger partial charge in [0.1, 0.15) is 0 Å². The van der Waals surface area contributed by atoms with Crippen LogP contribution in [0.1, 0.15) is 117 Å². The number of aliphatic hydroxyl groups is 2. The summed E-state index contributed by atoms with van der Waals surface area (Å²) in [5, 5.41) is 21.9. The van der Waals surface area contributed by atoms with E-state index >= 15 is 0 Å². The summed E-state index contributed by atoms with van der Waals surface area (Å²) >= 11 is -2.12. The molecule has 2 N–H and O–H groups in total. The molecule has 1 aliphatic carbocycles. The van der Waals surface area contributed by atoms with Crippen LogP contribution in [0.25, 0.3) is 0 Å². The number of hydrogen-bond donors (Lipinski definition) is 2. The van der Waals surface area contributed by atoms with Crippen LogP contribution < -0.4 is 0 Å². The van der Waals surface area contributed by atoms with E-state index in [4.69, 9.17) is 0 Å². The summed E-state index contributed by atoms with van der Waals surface area (Å²) in [6.07, 6.45) is 19.7. The summed E-state index contributed by atoms with van der Waals surface area (Å²) in [5.74, 6) is 0. The third-order valence-corrected chi connectivity index (χ3v) is 18.7. The molecule has 0 aromatic carbocycles. The molecule has 0 spiro atoms. The van der Waals surface area contributed by atoms with E-state index in [-0.39, 0.29) is 0 Å². The molecule has 1 saturated carbocycles. The molecule has 150 valence electrons. The molecule has 3 heteroatoms. The van der Waals surface area contributed by atoms with Crippen molar-refractivity contribution >= 4 is 19.8 Å². The Morgan fingerprint density at radius 3 is 1.72 bits per heavy atom. The zero-order chi connectivity index (χ0) is 18.4. The predicted molar refractivity (Wildman–Crippen MR) is 113 cm³/mol. The zero-order valence-electron chi connectivity index (χ0n) is 17.3. The second-order valence-corrected chi connectivity index (χ2v) is 18.7. The van der Waals surface area contributed by atoms with E-state index in [1.165, 1.54) is 85.9 Å². The SMILES string of the molecule is CCCCCCC[CH2][SnH]([CH2]CCCCCCC)[C]1(O)CCCCC1O. The zero-order valence-corrected chi connectivity index (χ0v) is 20.6. The van der Waals surface area contributed by atoms with Crippen LogP contribution in [0.4, 0.5) is 0 Å². The van der Waals surface area contributed by atoms with Crippen molar-refractivity contribution in [2.24, 2.45) is 0 Å². The van der Waals surface area contributed by atoms with Gasteiger partial charge in [-0.25, -0.2) is 0 Å². The summed E-state index contributed by atoms with van der Waals surface area (Å²) < 4.78 is 2.04. The van der Waals surface area contributed by atoms with Crippen LogP contribution in [-0.4, -0.2) is 39.7 Å². The van der Waals surface area contributed by atoms with Gasteiger partial charge in [0.2, 0.25) is 0 Å². The number of hydrogen-bond acceptors (Lipinski definition) is 2. The van der Waals surface area contributed by atoms with Crippen LogP contribution >= 0.6 is 0 Å². The number of rotatable bonds is 15. The third kappa shape index (κ3) is 9.46. The molecule has 0 saturated heterocycles. The van der Waals surface area contributed by atoms with Crippen molar-refractivity contribution in [2.75, 3.05) is 0 Å². The van der Waals surface area contributed by atoms with Gasteiger partial charge in [-0.1, -0.05) is 0 Å². The standard InChI is InChI=1S/2C8H17.C6H11O2.Sn.H/c2*1-3-5-7-8-6-4-2;7-5-3-1-2-4-6(5)8;;/h2*1,3-8H2,2H3;5,7-8H,1-4H2;;. The Morgan fingerprint density at radius 2 is 1.24 bits per heavy atom. The van der Waals surface area contributed by atoms with Gasteiger partial charge in [-0.3, -0.25) is 0 Å². The third-order valence-electron chi connectivity index (χ3n) is 6.40. The Hall–Kier alpha value is 0.719. The van der Waals surface area contributed by atoms with Gasteiger partial charge in [0.05, 0.1) is 0 Å². The fourth-order valence-corrected chi connectivity index (χ4v) is 16.5. The van der Waals surface area contributed by atoms with Crippen molar-refractivity contribution in [2.45, 2.75) is 135 Å². The quantitative estimate of drug-likeness (QED) is 0.227. The first-order chi connectivity index (χ1) is 12.1. The molecule has 1 fully saturated rings. The minimum atomic E-state index is -2.12. The second kappa shape index (κ2) is 14.7. The second-order valence-electron chi connectivity index (χ2n) is 8.56. The molecule has 2 unspecified atom stereocenters. The molecule has 1 rings (SSSR count). The topological polar surface area (TPSA) is 40.5 Å². The molecular formula is C22H46O2Sn. The molecule has 1 aliphatic rings. The summed E-state index contributed by atoms with van der Waals surface area (Å²) in [4.78, 5) is 0. The van der Waals surface area contributed by atoms with Gasteiger partial charge in [0.25, 0.3) is 0 Å². The Morgan fingerprint density at radius 1 is 0.760 bits per heavy atom. The summed E-state index contributed by atoms with van der Waals surface area (Å²) in [7, 11) is 0. The average Bonchev–Trinajstić information content (AvgIpc) is 2.61. The Kier molecular flexibility index (Phi) is 14.0. The normalized spacial score (nSPS) is 24.1. The maximum absolute atomic E-state index is 11.3. The van der Waals surface area contributed by atoms with Gasteiger partial charge in [0, 0.05) is 0 Å². The van der Waals surface area contributed by atoms with Gasteiger partial charge in [-0.2, -0.15) is 0 Å². The van der Waals surface area contributed by atoms with Crippen molar-refractivity contribution in [3.8, 4) is 0 Å². The molecule has 0 bridgehead atoms. The predicted octanol–water partition coefficient (Wildman–Crippen LogP) is 6.14. The van der Waals surface area contributed by atoms with Gasteiger partial charge in [-0.15, -0.1) is 0 Å². The summed E-state index contributed by atoms with van der Waals surface area (Å²) in [6, 6.07) is 0. The maximum atomic E-state index is 11.3. The first-order valence-electron chi connectivity index (χ1n) is 11.6. The Bertz CT molecular complexity index is 294. The molecule has 0 aliphatic heterocycles. The number of unbranched alkanes of at least 4 members (excludes halogenated alkanes) is 10. The number of aliphatic hydroxyl groups excluding tert-OH is 1. The van der Waals surface area contributed by atoms with Gasteiger partial charge in [0.15, 0.2) is 0 Å². The fourth-order valence-electron chi connectivity index (χ4n) is 4.62. The van der Waals surface area contributed by atoms with E-state index in [1.807, 2.05) is 0 Å². The molecule has 0 aromatic heterocycles. The van der Waals surface area contributed by atoms with E-state index in [9.17, 15) is 10.2 Å². The van der Waals surface area contributed by atoms with Crippen LogP contribution in [0.2, 0.25) is 8.87 Å². The van der Waals surface area contributed by atoms with Crippen LogP contribution in [0.3, 0.4) is 0 Å². The molecule has 2 nitrogen and oxygen atoms in total. The molecule has 0 heterocycles. The van der Waals surface area contributed by atoms with Crippen LogP contribution in [0.15, 0.2) is 0 Å². The summed E-state index contributed by atoms with van der Waals surface area (Å²) in [6.45, 7) is 4.54. The van der Waals surface area contributed by atoms with E-state index in [2.05, 4.69) is 13.8 Å². The van der Waals surface area contributed by atoms with E-state index < -0.39 is 29.5 Å². The Balaban J connectivity index is 2.40. The van der Waals surface area contributed by atoms with Crippen LogP contribution in [-0.2, 0) is 0 Å². The van der Waals surface area contributed by atoms with Gasteiger partial charge in [-0.05, 0) is 0 Å². The molecular weight excluding hydrogens is 415 g/mol. The molecule has 0 amide bonds. The fraction of sp³-hybridized carbons (Fsp3) is 1.00. The average molecular weight is 461 g/mol. The monoisotopic (exact) mass is 462 g/mol. The summed E-state index contributed by atoms with van der Waals surface area (Å²) in [5.41, 5.74) is 0. The van der Waals surface area contributed by atoms with Crippen molar-refractivity contribution in [1.82, 2.24) is 0 Å². The van der Waals surface area contributed by atoms with Gasteiger partial charge < -0.3 is 0 Å². The van der Waals surface area contributed by atoms with E-state index in [1.54, 1.807) is 0 Å². The van der Waals surface area contributed by atoms with Crippen LogP contribution in [0, 0.1) is 0 Å². The minimum absolute atomic E-state index is 0.401. The Labute approximate surface area is 164 Å². The molecule has 0 aromatic rings. The van der Waals surface area contributed by atoms with Crippen molar-refractivity contribution in [1.29, 1.82) is 0 Å². The van der Waals surface area contributed by atoms with Crippen molar-refractivity contribution in [3.63, 3.8) is 0 Å². The molecule has 25 heavy (non-hydrogen) atoms. The first-order valence-corrected chi connectivity index (χ1v) is 17.9. The van der Waals surface area contributed by atoms with Crippen molar-refractivity contribution < 1.29 is 10.2 Å². The molecule has 2 atom stereocenters. The van der Waals surface area contributed by atoms with Crippen LogP contribution in [0.5, 0.6) is 0 Å². The van der Waals surface area contributed by atoms with E-state index in [0.29, 0.717) is 0 Å². The van der Waals surface area contributed by atoms with E-state index in [0.717, 1.165) is 25.7 Å². The molecule has 0 radical (unpaired) electrons.